The van der Waals surface area contributed by atoms with Gasteiger partial charge in [0.2, 0.25) is 11.7 Å². The summed E-state index contributed by atoms with van der Waals surface area (Å²) in [4.78, 5) is 29.5. The predicted molar refractivity (Wildman–Crippen MR) is 118 cm³/mol. The Labute approximate surface area is 192 Å². The van der Waals surface area contributed by atoms with Crippen molar-refractivity contribution >= 4 is 23.4 Å². The number of amides is 2. The van der Waals surface area contributed by atoms with Gasteiger partial charge in [-0.3, -0.25) is 9.59 Å². The molecule has 1 aromatic heterocycles. The Morgan fingerprint density at radius 1 is 1.19 bits per heavy atom. The van der Waals surface area contributed by atoms with Crippen LogP contribution in [0.2, 0.25) is 5.02 Å². The lowest BCUT2D eigenvalue weighted by atomic mass is 9.90. The highest BCUT2D eigenvalue weighted by molar-refractivity contribution is 6.30. The number of aromatic nitrogens is 1. The monoisotopic (exact) mass is 461 g/mol. The summed E-state index contributed by atoms with van der Waals surface area (Å²) in [6.07, 6.45) is 1.39. The summed E-state index contributed by atoms with van der Waals surface area (Å²) in [6, 6.07) is 8.92. The first-order valence-electron chi connectivity index (χ1n) is 11.1. The zero-order chi connectivity index (χ0) is 22.5. The highest BCUT2D eigenvalue weighted by Crippen LogP contribution is 2.28. The average Bonchev–Trinajstić information content (AvgIpc) is 3.30. The Hall–Kier alpha value is -2.58. The molecular weight excluding hydrogens is 434 g/mol. The number of morpholine rings is 1. The molecule has 2 amide bonds. The van der Waals surface area contributed by atoms with E-state index in [4.69, 9.17) is 25.6 Å². The van der Waals surface area contributed by atoms with Crippen LogP contribution < -0.4 is 4.74 Å². The number of likely N-dealkylation sites (tertiary alicyclic amines) is 1. The highest BCUT2D eigenvalue weighted by Gasteiger charge is 2.36. The van der Waals surface area contributed by atoms with Crippen molar-refractivity contribution < 1.29 is 23.6 Å². The summed E-state index contributed by atoms with van der Waals surface area (Å²) in [6.45, 7) is 5.15. The van der Waals surface area contributed by atoms with Gasteiger partial charge in [0.15, 0.2) is 0 Å². The topological polar surface area (TPSA) is 85.1 Å². The minimum Gasteiger partial charge on any atom is -0.490 e. The predicted octanol–water partition coefficient (Wildman–Crippen LogP) is 3.05. The van der Waals surface area contributed by atoms with E-state index >= 15 is 0 Å². The van der Waals surface area contributed by atoms with Crippen LogP contribution in [0, 0.1) is 5.92 Å². The van der Waals surface area contributed by atoms with Crippen LogP contribution in [0.3, 0.4) is 0 Å². The largest absolute Gasteiger partial charge is 0.490 e. The molecule has 172 valence electrons. The van der Waals surface area contributed by atoms with Gasteiger partial charge < -0.3 is 23.8 Å². The van der Waals surface area contributed by atoms with E-state index in [1.54, 1.807) is 23.1 Å². The molecule has 2 atom stereocenters. The van der Waals surface area contributed by atoms with Gasteiger partial charge in [0.05, 0.1) is 18.9 Å². The molecule has 0 radical (unpaired) electrons. The maximum absolute atomic E-state index is 13.0. The van der Waals surface area contributed by atoms with Crippen LogP contribution in [0.4, 0.5) is 0 Å². The van der Waals surface area contributed by atoms with Crippen LogP contribution in [0.5, 0.6) is 5.75 Å². The average molecular weight is 462 g/mol. The molecule has 2 saturated heterocycles. The maximum atomic E-state index is 13.0. The molecule has 4 rings (SSSR count). The van der Waals surface area contributed by atoms with Gasteiger partial charge in [-0.2, -0.15) is 0 Å². The number of nitrogens with zero attached hydrogens (tertiary/aromatic N) is 3. The van der Waals surface area contributed by atoms with E-state index in [1.165, 1.54) is 0 Å². The number of ether oxygens (including phenoxy) is 2. The highest BCUT2D eigenvalue weighted by atomic mass is 35.5. The van der Waals surface area contributed by atoms with Crippen molar-refractivity contribution in [3.05, 3.63) is 46.8 Å². The molecule has 9 heteroatoms. The first kappa shape index (κ1) is 22.6. The van der Waals surface area contributed by atoms with Gasteiger partial charge in [-0.1, -0.05) is 29.7 Å². The zero-order valence-electron chi connectivity index (χ0n) is 18.2. The molecule has 2 aromatic rings. The lowest BCUT2D eigenvalue weighted by Gasteiger charge is -2.39. The Bertz CT molecular complexity index is 943. The number of carbonyl (C=O) groups is 2. The number of halogens is 1. The molecule has 1 aromatic carbocycles. The van der Waals surface area contributed by atoms with Crippen LogP contribution in [0.1, 0.15) is 36.0 Å². The number of piperidine rings is 1. The normalized spacial score (nSPS) is 21.4. The summed E-state index contributed by atoms with van der Waals surface area (Å²) in [7, 11) is 0. The molecule has 2 aliphatic heterocycles. The van der Waals surface area contributed by atoms with E-state index in [9.17, 15) is 9.59 Å². The van der Waals surface area contributed by atoms with Crippen molar-refractivity contribution in [1.29, 1.82) is 0 Å². The quantitative estimate of drug-likeness (QED) is 0.657. The summed E-state index contributed by atoms with van der Waals surface area (Å²) in [5.41, 5.74) is 0.742. The first-order chi connectivity index (χ1) is 15.5. The van der Waals surface area contributed by atoms with Gasteiger partial charge >= 0.3 is 0 Å². The van der Waals surface area contributed by atoms with Crippen molar-refractivity contribution in [3.63, 3.8) is 0 Å². The minimum absolute atomic E-state index is 0.0558. The molecular formula is C23H28ClN3O5. The molecule has 2 aliphatic rings. The third kappa shape index (κ3) is 5.42. The number of hydrogen-bond acceptors (Lipinski definition) is 6. The van der Waals surface area contributed by atoms with Crippen LogP contribution in [-0.4, -0.2) is 72.3 Å². The fraction of sp³-hybridized carbons (Fsp3) is 0.522. The maximum Gasteiger partial charge on any atom is 0.292 e. The second kappa shape index (κ2) is 10.4. The number of benzene rings is 1. The standard InChI is InChI=1S/C23H28ClN3O5/c1-2-18-14-21(32-25-18)23(29)27-7-6-20(31-19-5-3-4-17(24)13-19)16(15-27)12-22(28)26-8-10-30-11-9-26/h3-5,13-14,16,20H,2,6-12,15H2,1H3/t16-,20-/m0/s1. The molecule has 0 bridgehead atoms. The van der Waals surface area contributed by atoms with Crippen molar-refractivity contribution in [2.75, 3.05) is 39.4 Å². The molecule has 0 aliphatic carbocycles. The van der Waals surface area contributed by atoms with E-state index in [2.05, 4.69) is 5.16 Å². The fourth-order valence-electron chi connectivity index (χ4n) is 4.16. The summed E-state index contributed by atoms with van der Waals surface area (Å²) in [5, 5.41) is 4.52. The van der Waals surface area contributed by atoms with Gasteiger partial charge in [-0.05, 0) is 24.6 Å². The van der Waals surface area contributed by atoms with E-state index in [0.29, 0.717) is 69.4 Å². The van der Waals surface area contributed by atoms with Crippen molar-refractivity contribution in [3.8, 4) is 5.75 Å². The van der Waals surface area contributed by atoms with Crippen molar-refractivity contribution in [1.82, 2.24) is 15.0 Å². The Kier molecular flexibility index (Phi) is 7.32. The minimum atomic E-state index is -0.206. The Balaban J connectivity index is 1.48. The van der Waals surface area contributed by atoms with Crippen molar-refractivity contribution in [2.24, 2.45) is 5.92 Å². The fourth-order valence-corrected chi connectivity index (χ4v) is 4.34. The molecule has 0 unspecified atom stereocenters. The second-order valence-corrected chi connectivity index (χ2v) is 8.58. The lowest BCUT2D eigenvalue weighted by molar-refractivity contribution is -0.137. The molecule has 0 spiro atoms. The molecule has 3 heterocycles. The summed E-state index contributed by atoms with van der Waals surface area (Å²) < 4.78 is 16.8. The number of hydrogen-bond donors (Lipinski definition) is 0. The molecule has 32 heavy (non-hydrogen) atoms. The molecule has 0 N–H and O–H groups in total. The third-order valence-corrected chi connectivity index (χ3v) is 6.20. The van der Waals surface area contributed by atoms with Gasteiger partial charge in [0, 0.05) is 56.0 Å². The number of aryl methyl sites for hydroxylation is 1. The van der Waals surface area contributed by atoms with E-state index in [-0.39, 0.29) is 29.6 Å². The van der Waals surface area contributed by atoms with E-state index in [1.807, 2.05) is 24.0 Å². The first-order valence-corrected chi connectivity index (χ1v) is 11.4. The van der Waals surface area contributed by atoms with Crippen LogP contribution in [0.25, 0.3) is 0 Å². The molecule has 0 saturated carbocycles. The zero-order valence-corrected chi connectivity index (χ0v) is 18.9. The number of carbonyl (C=O) groups excluding carboxylic acids is 2. The summed E-state index contributed by atoms with van der Waals surface area (Å²) >= 11 is 6.11. The van der Waals surface area contributed by atoms with Gasteiger partial charge in [-0.15, -0.1) is 0 Å². The van der Waals surface area contributed by atoms with Crippen LogP contribution in [-0.2, 0) is 16.0 Å². The smallest absolute Gasteiger partial charge is 0.292 e. The van der Waals surface area contributed by atoms with Gasteiger partial charge in [0.25, 0.3) is 5.91 Å². The van der Waals surface area contributed by atoms with Crippen molar-refractivity contribution in [2.45, 2.75) is 32.3 Å². The number of rotatable bonds is 6. The van der Waals surface area contributed by atoms with Crippen LogP contribution >= 0.6 is 11.6 Å². The summed E-state index contributed by atoms with van der Waals surface area (Å²) in [5.74, 6) is 0.585. The molecule has 8 nitrogen and oxygen atoms in total. The van der Waals surface area contributed by atoms with E-state index in [0.717, 1.165) is 5.69 Å². The molecule has 2 fully saturated rings. The van der Waals surface area contributed by atoms with Crippen LogP contribution in [0.15, 0.2) is 34.9 Å². The third-order valence-electron chi connectivity index (χ3n) is 5.97. The second-order valence-electron chi connectivity index (χ2n) is 8.15. The van der Waals surface area contributed by atoms with Gasteiger partial charge in [0.1, 0.15) is 11.9 Å². The van der Waals surface area contributed by atoms with E-state index < -0.39 is 0 Å². The lowest BCUT2D eigenvalue weighted by Crippen LogP contribution is -2.50. The Morgan fingerprint density at radius 3 is 2.72 bits per heavy atom. The Morgan fingerprint density at radius 2 is 2.00 bits per heavy atom. The SMILES string of the molecule is CCc1cc(C(=O)N2CC[C@H](Oc3cccc(Cl)c3)[C@@H](CC(=O)N3CCOCC3)C2)on1. The van der Waals surface area contributed by atoms with Gasteiger partial charge in [-0.25, -0.2) is 0 Å².